The number of carboxylic acid groups (broad SMARTS) is 1. The molecule has 2 N–H and O–H groups in total. The smallest absolute Gasteiger partial charge is 0.300 e. The maximum Gasteiger partial charge on any atom is 0.300 e. The number of nitrogens with one attached hydrogen (secondary N) is 1. The van der Waals surface area contributed by atoms with Crippen LogP contribution in [0.25, 0.3) is 0 Å². The molecule has 0 unspecified atom stereocenters. The second-order valence-electron chi connectivity index (χ2n) is 3.23. The summed E-state index contributed by atoms with van der Waals surface area (Å²) in [5.41, 5.74) is 1.42. The topological polar surface area (TPSA) is 83.5 Å². The van der Waals surface area contributed by atoms with Crippen molar-refractivity contribution in [3.05, 3.63) is 35.4 Å². The van der Waals surface area contributed by atoms with Crippen LogP contribution in [0.5, 0.6) is 0 Å². The van der Waals surface area contributed by atoms with Gasteiger partial charge in [-0.25, -0.2) is 0 Å². The lowest BCUT2D eigenvalue weighted by atomic mass is 10.0. The molecule has 1 aromatic rings. The van der Waals surface area contributed by atoms with Crippen LogP contribution in [0.15, 0.2) is 24.3 Å². The molecule has 1 aliphatic heterocycles. The first-order valence-electron chi connectivity index (χ1n) is 4.62. The van der Waals surface area contributed by atoms with Gasteiger partial charge in [-0.3, -0.25) is 19.7 Å². The van der Waals surface area contributed by atoms with Crippen LogP contribution in [0.2, 0.25) is 0 Å². The molecule has 0 fully saturated rings. The van der Waals surface area contributed by atoms with Crippen molar-refractivity contribution in [3.63, 3.8) is 0 Å². The summed E-state index contributed by atoms with van der Waals surface area (Å²) in [6, 6.07) is 7.13. The molecule has 0 aliphatic carbocycles. The van der Waals surface area contributed by atoms with Gasteiger partial charge in [0.2, 0.25) is 5.91 Å². The van der Waals surface area contributed by atoms with Crippen molar-refractivity contribution in [3.8, 4) is 0 Å². The Morgan fingerprint density at radius 3 is 2.50 bits per heavy atom. The minimum atomic E-state index is -0.833. The molecule has 1 aliphatic rings. The number of hydrogen-bond acceptors (Lipinski definition) is 3. The Balaban J connectivity index is 0.000000280. The third-order valence-electron chi connectivity index (χ3n) is 1.87. The first-order valence-corrected chi connectivity index (χ1v) is 4.62. The lowest BCUT2D eigenvalue weighted by Gasteiger charge is -2.13. The molecule has 0 spiro atoms. The highest BCUT2D eigenvalue weighted by Crippen LogP contribution is 2.12. The van der Waals surface area contributed by atoms with Crippen LogP contribution in [0.1, 0.15) is 22.8 Å². The molecule has 5 heteroatoms. The van der Waals surface area contributed by atoms with E-state index in [1.165, 1.54) is 0 Å². The molecule has 0 atom stereocenters. The molecule has 5 nitrogen and oxygen atoms in total. The normalized spacial score (nSPS) is 13.1. The fourth-order valence-corrected chi connectivity index (χ4v) is 1.31. The van der Waals surface area contributed by atoms with Crippen LogP contribution in [-0.4, -0.2) is 22.9 Å². The molecule has 84 valence electrons. The van der Waals surface area contributed by atoms with Gasteiger partial charge >= 0.3 is 0 Å². The number of amides is 2. The maximum atomic E-state index is 11.2. The molecule has 0 saturated carbocycles. The lowest BCUT2D eigenvalue weighted by molar-refractivity contribution is -0.134. The Labute approximate surface area is 92.1 Å². The molecule has 0 bridgehead atoms. The van der Waals surface area contributed by atoms with E-state index in [0.717, 1.165) is 12.5 Å². The monoisotopic (exact) mass is 221 g/mol. The largest absolute Gasteiger partial charge is 0.481 e. The average Bonchev–Trinajstić information content (AvgIpc) is 2.16. The third-order valence-corrected chi connectivity index (χ3v) is 1.87. The summed E-state index contributed by atoms with van der Waals surface area (Å²) in [6.07, 6.45) is 0.307. The van der Waals surface area contributed by atoms with Gasteiger partial charge in [0.15, 0.2) is 0 Å². The van der Waals surface area contributed by atoms with Crippen molar-refractivity contribution in [2.75, 3.05) is 0 Å². The van der Waals surface area contributed by atoms with Crippen molar-refractivity contribution in [2.45, 2.75) is 13.3 Å². The Kier molecular flexibility index (Phi) is 3.77. The first-order chi connectivity index (χ1) is 7.50. The lowest BCUT2D eigenvalue weighted by Crippen LogP contribution is -2.37. The fourth-order valence-electron chi connectivity index (χ4n) is 1.31. The zero-order valence-electron chi connectivity index (χ0n) is 8.69. The van der Waals surface area contributed by atoms with Gasteiger partial charge in [-0.05, 0) is 11.6 Å². The van der Waals surface area contributed by atoms with E-state index in [4.69, 9.17) is 9.90 Å². The van der Waals surface area contributed by atoms with E-state index in [9.17, 15) is 9.59 Å². The molecule has 1 heterocycles. The Morgan fingerprint density at radius 2 is 1.88 bits per heavy atom. The summed E-state index contributed by atoms with van der Waals surface area (Å²) in [5, 5.41) is 9.67. The molecule has 0 saturated heterocycles. The van der Waals surface area contributed by atoms with Crippen molar-refractivity contribution in [2.24, 2.45) is 0 Å². The second kappa shape index (κ2) is 5.06. The summed E-state index contributed by atoms with van der Waals surface area (Å²) in [4.78, 5) is 31.1. The van der Waals surface area contributed by atoms with E-state index >= 15 is 0 Å². The molecule has 0 aromatic heterocycles. The van der Waals surface area contributed by atoms with Gasteiger partial charge in [0.05, 0.1) is 6.42 Å². The van der Waals surface area contributed by atoms with E-state index < -0.39 is 5.97 Å². The van der Waals surface area contributed by atoms with E-state index in [-0.39, 0.29) is 11.8 Å². The zero-order chi connectivity index (χ0) is 12.1. The van der Waals surface area contributed by atoms with Crippen LogP contribution in [-0.2, 0) is 16.0 Å². The number of aliphatic carboxylic acids is 1. The van der Waals surface area contributed by atoms with Gasteiger partial charge < -0.3 is 5.11 Å². The number of carbonyl (C=O) groups excluding carboxylic acids is 2. The molecule has 1 aromatic carbocycles. The standard InChI is InChI=1S/C9H7NO2.C2H4O2/c11-8-5-6-3-1-2-4-7(6)9(12)10-8;1-2(3)4/h1-4H,5H2,(H,10,11,12);1H3,(H,3,4). The number of imide groups is 1. The maximum absolute atomic E-state index is 11.2. The number of fused-ring (bicyclic) bond motifs is 1. The van der Waals surface area contributed by atoms with Crippen molar-refractivity contribution in [1.82, 2.24) is 5.32 Å². The number of benzene rings is 1. The van der Waals surface area contributed by atoms with Gasteiger partial charge in [0.1, 0.15) is 0 Å². The minimum absolute atomic E-state index is 0.223. The molecule has 2 amide bonds. The van der Waals surface area contributed by atoms with Crippen LogP contribution >= 0.6 is 0 Å². The summed E-state index contributed by atoms with van der Waals surface area (Å²) in [5.74, 6) is -1.35. The van der Waals surface area contributed by atoms with Crippen LogP contribution < -0.4 is 5.32 Å². The van der Waals surface area contributed by atoms with Crippen molar-refractivity contribution < 1.29 is 19.5 Å². The summed E-state index contributed by atoms with van der Waals surface area (Å²) < 4.78 is 0. The number of carboxylic acids is 1. The van der Waals surface area contributed by atoms with Gasteiger partial charge in [-0.2, -0.15) is 0 Å². The number of carbonyl (C=O) groups is 3. The van der Waals surface area contributed by atoms with E-state index in [1.54, 1.807) is 18.2 Å². The van der Waals surface area contributed by atoms with Crippen molar-refractivity contribution in [1.29, 1.82) is 0 Å². The zero-order valence-corrected chi connectivity index (χ0v) is 8.69. The number of rotatable bonds is 0. The summed E-state index contributed by atoms with van der Waals surface area (Å²) in [7, 11) is 0. The molecular weight excluding hydrogens is 210 g/mol. The highest BCUT2D eigenvalue weighted by molar-refractivity contribution is 6.09. The van der Waals surface area contributed by atoms with Gasteiger partial charge in [-0.15, -0.1) is 0 Å². The highest BCUT2D eigenvalue weighted by atomic mass is 16.4. The fraction of sp³-hybridized carbons (Fsp3) is 0.182. The minimum Gasteiger partial charge on any atom is -0.481 e. The van der Waals surface area contributed by atoms with Crippen LogP contribution in [0, 0.1) is 0 Å². The predicted octanol–water partition coefficient (Wildman–Crippen LogP) is 0.590. The quantitative estimate of drug-likeness (QED) is 0.628. The van der Waals surface area contributed by atoms with E-state index in [2.05, 4.69) is 5.32 Å². The molecule has 16 heavy (non-hydrogen) atoms. The van der Waals surface area contributed by atoms with Gasteiger partial charge in [0.25, 0.3) is 11.9 Å². The van der Waals surface area contributed by atoms with E-state index in [1.807, 2.05) is 6.07 Å². The Morgan fingerprint density at radius 1 is 1.31 bits per heavy atom. The second-order valence-corrected chi connectivity index (χ2v) is 3.23. The van der Waals surface area contributed by atoms with Crippen LogP contribution in [0.3, 0.4) is 0 Å². The van der Waals surface area contributed by atoms with Gasteiger partial charge in [0, 0.05) is 12.5 Å². The molecule has 2 rings (SSSR count). The average molecular weight is 221 g/mol. The summed E-state index contributed by atoms with van der Waals surface area (Å²) >= 11 is 0. The van der Waals surface area contributed by atoms with Crippen molar-refractivity contribution >= 4 is 17.8 Å². The van der Waals surface area contributed by atoms with Crippen LogP contribution in [0.4, 0.5) is 0 Å². The van der Waals surface area contributed by atoms with E-state index in [0.29, 0.717) is 12.0 Å². The summed E-state index contributed by atoms with van der Waals surface area (Å²) in [6.45, 7) is 1.08. The van der Waals surface area contributed by atoms with Gasteiger partial charge in [-0.1, -0.05) is 18.2 Å². The SMILES string of the molecule is CC(=O)O.O=C1Cc2ccccc2C(=O)N1. The third kappa shape index (κ3) is 3.20. The number of hydrogen-bond donors (Lipinski definition) is 2. The Bertz CT molecular complexity index is 435. The predicted molar refractivity (Wildman–Crippen MR) is 55.9 cm³/mol. The highest BCUT2D eigenvalue weighted by Gasteiger charge is 2.20. The molecule has 0 radical (unpaired) electrons. The first kappa shape index (κ1) is 11.9. The molecular formula is C11H11NO4. The Hall–Kier alpha value is -2.17.